The van der Waals surface area contributed by atoms with E-state index in [0.717, 1.165) is 0 Å². The molecule has 8 N–H and O–H groups in total. The molecule has 0 aliphatic carbocycles. The number of H-pyrrole nitrogens is 1. The van der Waals surface area contributed by atoms with Gasteiger partial charge in [0.15, 0.2) is 6.04 Å². The Morgan fingerprint density at radius 2 is 1.62 bits per heavy atom. The number of carbonyl (C=O) groups excluding carboxylic acids is 3. The Labute approximate surface area is 199 Å². The zero-order chi connectivity index (χ0) is 26.0. The van der Waals surface area contributed by atoms with Gasteiger partial charge in [-0.25, -0.2) is 9.78 Å². The van der Waals surface area contributed by atoms with Crippen LogP contribution in [0.3, 0.4) is 0 Å². The summed E-state index contributed by atoms with van der Waals surface area (Å²) in [5, 5.41) is 26.5. The van der Waals surface area contributed by atoms with E-state index in [9.17, 15) is 29.4 Å². The van der Waals surface area contributed by atoms with Gasteiger partial charge in [0.25, 0.3) is 0 Å². The van der Waals surface area contributed by atoms with Crippen LogP contribution >= 0.6 is 0 Å². The molecule has 0 saturated carbocycles. The van der Waals surface area contributed by atoms with Crippen LogP contribution in [-0.4, -0.2) is 74.1 Å². The minimum Gasteiger partial charge on any atom is -0.480 e. The predicted molar refractivity (Wildman–Crippen MR) is 124 cm³/mol. The number of nitrogens with zero attached hydrogens (tertiary/aromatic N) is 1. The van der Waals surface area contributed by atoms with Crippen molar-refractivity contribution in [2.45, 2.75) is 84.2 Å². The van der Waals surface area contributed by atoms with E-state index in [4.69, 9.17) is 5.73 Å². The number of rotatable bonds is 14. The standard InChI is InChI=1S/C22H38N6O6/c1-6-12(4)17(23)21(32)27-16(8-14-9-24-10-25-14)19(30)26-15(7-11(2)3)20(31)28-18(13(5)29)22(33)34/h9-13,15-18,29H,6-8,23H2,1-5H3,(H,24,25)(H,26,30)(H,27,32)(H,28,31)(H,33,34). The van der Waals surface area contributed by atoms with E-state index in [0.29, 0.717) is 12.1 Å². The molecule has 1 aromatic rings. The van der Waals surface area contributed by atoms with Gasteiger partial charge in [-0.05, 0) is 25.2 Å². The van der Waals surface area contributed by atoms with Gasteiger partial charge in [-0.2, -0.15) is 0 Å². The third-order valence-corrected chi connectivity index (χ3v) is 5.56. The van der Waals surface area contributed by atoms with E-state index in [1.807, 2.05) is 27.7 Å². The molecule has 1 heterocycles. The number of carbonyl (C=O) groups is 4. The monoisotopic (exact) mass is 482 g/mol. The number of aliphatic hydroxyl groups excluding tert-OH is 1. The highest BCUT2D eigenvalue weighted by atomic mass is 16.4. The van der Waals surface area contributed by atoms with Crippen LogP contribution in [0.15, 0.2) is 12.5 Å². The van der Waals surface area contributed by atoms with Crippen molar-refractivity contribution in [2.75, 3.05) is 0 Å². The summed E-state index contributed by atoms with van der Waals surface area (Å²) in [4.78, 5) is 56.8. The lowest BCUT2D eigenvalue weighted by Crippen LogP contribution is -2.59. The molecule has 6 unspecified atom stereocenters. The van der Waals surface area contributed by atoms with Gasteiger partial charge >= 0.3 is 5.97 Å². The van der Waals surface area contributed by atoms with Gasteiger partial charge in [-0.3, -0.25) is 14.4 Å². The Hall–Kier alpha value is -2.99. The minimum atomic E-state index is -1.53. The summed E-state index contributed by atoms with van der Waals surface area (Å²) in [6, 6.07) is -4.50. The molecule has 1 aromatic heterocycles. The molecule has 0 spiro atoms. The number of aromatic nitrogens is 2. The number of nitrogens with one attached hydrogen (secondary N) is 4. The molecule has 12 heteroatoms. The van der Waals surface area contributed by atoms with Gasteiger partial charge in [0, 0.05) is 18.3 Å². The zero-order valence-corrected chi connectivity index (χ0v) is 20.4. The molecule has 0 aromatic carbocycles. The topological polar surface area (TPSA) is 200 Å². The van der Waals surface area contributed by atoms with Gasteiger partial charge in [-0.15, -0.1) is 0 Å². The highest BCUT2D eigenvalue weighted by molar-refractivity contribution is 5.94. The van der Waals surface area contributed by atoms with Crippen molar-refractivity contribution in [1.82, 2.24) is 25.9 Å². The number of imidazole rings is 1. The van der Waals surface area contributed by atoms with E-state index in [-0.39, 0.29) is 24.7 Å². The molecule has 1 rings (SSSR count). The number of hydrogen-bond donors (Lipinski definition) is 7. The van der Waals surface area contributed by atoms with E-state index in [1.54, 1.807) is 0 Å². The van der Waals surface area contributed by atoms with Crippen LogP contribution in [0.2, 0.25) is 0 Å². The van der Waals surface area contributed by atoms with Gasteiger partial charge in [0.2, 0.25) is 17.7 Å². The predicted octanol–water partition coefficient (Wildman–Crippen LogP) is -0.708. The number of aromatic amines is 1. The SMILES string of the molecule is CCC(C)C(N)C(=O)NC(Cc1cnc[nH]1)C(=O)NC(CC(C)C)C(=O)NC(C(=O)O)C(C)O. The van der Waals surface area contributed by atoms with Crippen molar-refractivity contribution >= 4 is 23.7 Å². The quantitative estimate of drug-likeness (QED) is 0.180. The summed E-state index contributed by atoms with van der Waals surface area (Å²) in [7, 11) is 0. The lowest BCUT2D eigenvalue weighted by molar-refractivity contribution is -0.145. The highest BCUT2D eigenvalue weighted by Gasteiger charge is 2.32. The molecule has 0 fully saturated rings. The average molecular weight is 483 g/mol. The summed E-state index contributed by atoms with van der Waals surface area (Å²) in [5.74, 6) is -3.42. The number of hydrogen-bond acceptors (Lipinski definition) is 7. The summed E-state index contributed by atoms with van der Waals surface area (Å²) >= 11 is 0. The molecule has 3 amide bonds. The number of aliphatic hydroxyl groups is 1. The third kappa shape index (κ3) is 9.10. The molecular weight excluding hydrogens is 444 g/mol. The maximum Gasteiger partial charge on any atom is 0.328 e. The highest BCUT2D eigenvalue weighted by Crippen LogP contribution is 2.09. The van der Waals surface area contributed by atoms with Gasteiger partial charge < -0.3 is 36.9 Å². The molecule has 0 aliphatic rings. The first kappa shape index (κ1) is 29.0. The Morgan fingerprint density at radius 1 is 1.03 bits per heavy atom. The number of amides is 3. The first-order valence-corrected chi connectivity index (χ1v) is 11.4. The van der Waals surface area contributed by atoms with Crippen LogP contribution < -0.4 is 21.7 Å². The van der Waals surface area contributed by atoms with Crippen molar-refractivity contribution in [3.63, 3.8) is 0 Å². The molecule has 192 valence electrons. The number of aliphatic carboxylic acids is 1. The lowest BCUT2D eigenvalue weighted by atomic mass is 9.98. The van der Waals surface area contributed by atoms with Gasteiger partial charge in [0.05, 0.1) is 18.5 Å². The molecule has 0 radical (unpaired) electrons. The van der Waals surface area contributed by atoms with Crippen molar-refractivity contribution in [3.8, 4) is 0 Å². The zero-order valence-electron chi connectivity index (χ0n) is 20.4. The van der Waals surface area contributed by atoms with Gasteiger partial charge in [0.1, 0.15) is 12.1 Å². The Morgan fingerprint density at radius 3 is 2.09 bits per heavy atom. The van der Waals surface area contributed by atoms with E-state index < -0.39 is 54.0 Å². The number of carboxylic acid groups (broad SMARTS) is 1. The fourth-order valence-electron chi connectivity index (χ4n) is 3.22. The second kappa shape index (κ2) is 13.7. The number of nitrogens with two attached hydrogens (primary N) is 1. The van der Waals surface area contributed by atoms with Gasteiger partial charge in [-0.1, -0.05) is 34.1 Å². The molecular formula is C22H38N6O6. The Balaban J connectivity index is 3.07. The van der Waals surface area contributed by atoms with Crippen LogP contribution in [0.4, 0.5) is 0 Å². The van der Waals surface area contributed by atoms with Crippen LogP contribution in [0.25, 0.3) is 0 Å². The first-order chi connectivity index (χ1) is 15.9. The summed E-state index contributed by atoms with van der Waals surface area (Å²) in [6.45, 7) is 8.65. The second-order valence-electron chi connectivity index (χ2n) is 9.01. The molecule has 12 nitrogen and oxygen atoms in total. The maximum absolute atomic E-state index is 13.2. The summed E-state index contributed by atoms with van der Waals surface area (Å²) < 4.78 is 0. The van der Waals surface area contributed by atoms with Crippen molar-refractivity contribution in [2.24, 2.45) is 17.6 Å². The third-order valence-electron chi connectivity index (χ3n) is 5.56. The van der Waals surface area contributed by atoms with Crippen LogP contribution in [0.5, 0.6) is 0 Å². The fraction of sp³-hybridized carbons (Fsp3) is 0.682. The van der Waals surface area contributed by atoms with E-state index >= 15 is 0 Å². The normalized spacial score (nSPS) is 16.6. The maximum atomic E-state index is 13.2. The first-order valence-electron chi connectivity index (χ1n) is 11.4. The average Bonchev–Trinajstić information content (AvgIpc) is 3.27. The summed E-state index contributed by atoms with van der Waals surface area (Å²) in [5.41, 5.74) is 6.60. The Kier molecular flexibility index (Phi) is 11.7. The largest absolute Gasteiger partial charge is 0.480 e. The fourth-order valence-corrected chi connectivity index (χ4v) is 3.22. The van der Waals surface area contributed by atoms with E-state index in [2.05, 4.69) is 25.9 Å². The smallest absolute Gasteiger partial charge is 0.328 e. The second-order valence-corrected chi connectivity index (χ2v) is 9.01. The summed E-state index contributed by atoms with van der Waals surface area (Å²) in [6.07, 6.45) is 2.57. The van der Waals surface area contributed by atoms with E-state index in [1.165, 1.54) is 19.4 Å². The van der Waals surface area contributed by atoms with Crippen LogP contribution in [-0.2, 0) is 25.6 Å². The molecule has 0 aliphatic heterocycles. The van der Waals surface area contributed by atoms with Crippen molar-refractivity contribution in [1.29, 1.82) is 0 Å². The van der Waals surface area contributed by atoms with Crippen molar-refractivity contribution < 1.29 is 29.4 Å². The van der Waals surface area contributed by atoms with Crippen molar-refractivity contribution in [3.05, 3.63) is 18.2 Å². The van der Waals surface area contributed by atoms with Crippen LogP contribution in [0.1, 0.15) is 53.2 Å². The Bertz CT molecular complexity index is 813. The molecule has 0 bridgehead atoms. The van der Waals surface area contributed by atoms with Crippen LogP contribution in [0, 0.1) is 11.8 Å². The molecule has 0 saturated heterocycles. The molecule has 34 heavy (non-hydrogen) atoms. The number of carboxylic acids is 1. The molecule has 6 atom stereocenters. The minimum absolute atomic E-state index is 0.0228. The lowest BCUT2D eigenvalue weighted by Gasteiger charge is -2.27.